The lowest BCUT2D eigenvalue weighted by Crippen LogP contribution is -2.08. The van der Waals surface area contributed by atoms with Crippen molar-refractivity contribution < 1.29 is 25.9 Å². The minimum absolute atomic E-state index is 0.0265. The van der Waals surface area contributed by atoms with Crippen LogP contribution in [0.4, 0.5) is 0 Å². The van der Waals surface area contributed by atoms with Gasteiger partial charge in [-0.3, -0.25) is 9.11 Å². The van der Waals surface area contributed by atoms with Crippen LogP contribution in [-0.2, 0) is 20.2 Å². The third-order valence-corrected chi connectivity index (χ3v) is 7.29. The molecule has 0 fully saturated rings. The van der Waals surface area contributed by atoms with Crippen LogP contribution in [0, 0.1) is 13.8 Å². The van der Waals surface area contributed by atoms with E-state index >= 15 is 0 Å². The van der Waals surface area contributed by atoms with Crippen molar-refractivity contribution in [1.29, 1.82) is 0 Å². The second-order valence-electron chi connectivity index (χ2n) is 5.05. The van der Waals surface area contributed by atoms with Crippen molar-refractivity contribution in [2.45, 2.75) is 23.6 Å². The first-order chi connectivity index (χ1) is 10.9. The summed E-state index contributed by atoms with van der Waals surface area (Å²) in [5, 5.41) is 0. The van der Waals surface area contributed by atoms with Gasteiger partial charge in [0.1, 0.15) is 9.79 Å². The molecule has 0 heterocycles. The lowest BCUT2D eigenvalue weighted by Gasteiger charge is -2.16. The molecule has 0 aromatic heterocycles. The molecule has 2 rings (SSSR count). The third-order valence-electron chi connectivity index (χ3n) is 3.49. The summed E-state index contributed by atoms with van der Waals surface area (Å²) in [6.07, 6.45) is 0. The molecule has 0 bridgehead atoms. The lowest BCUT2D eigenvalue weighted by molar-refractivity contribution is 0.479. The van der Waals surface area contributed by atoms with Crippen molar-refractivity contribution in [1.82, 2.24) is 0 Å². The molecule has 0 amide bonds. The minimum Gasteiger partial charge on any atom is -0.282 e. The Morgan fingerprint density at radius 1 is 0.708 bits per heavy atom. The molecule has 130 valence electrons. The first-order valence-electron chi connectivity index (χ1n) is 6.39. The molecule has 24 heavy (non-hydrogen) atoms. The zero-order valence-corrected chi connectivity index (χ0v) is 17.2. The van der Waals surface area contributed by atoms with Gasteiger partial charge in [-0.05, 0) is 37.1 Å². The normalized spacial score (nSPS) is 12.4. The summed E-state index contributed by atoms with van der Waals surface area (Å²) < 4.78 is 67.3. The Morgan fingerprint density at radius 3 is 1.25 bits per heavy atom. The predicted octanol–water partition coefficient (Wildman–Crippen LogP) is 3.99. The van der Waals surface area contributed by atoms with Gasteiger partial charge in [0.05, 0.1) is 0 Å². The fraction of sp³-hybridized carbons (Fsp3) is 0.143. The average molecular weight is 500 g/mol. The zero-order chi connectivity index (χ0) is 18.4. The standard InChI is InChI=1S/C14H12Br2O6S2/c1-7-11(15)5-3-9(13(7)23(17,18)19)10-4-6-12(16)8(2)14(10)24(20,21)22/h3-6H,1-2H3,(H,17,18,19)(H,20,21,22). The zero-order valence-electron chi connectivity index (χ0n) is 12.4. The van der Waals surface area contributed by atoms with E-state index in [0.717, 1.165) is 0 Å². The highest BCUT2D eigenvalue weighted by Gasteiger charge is 2.27. The van der Waals surface area contributed by atoms with Crippen LogP contribution in [-0.4, -0.2) is 25.9 Å². The van der Waals surface area contributed by atoms with E-state index in [0.29, 0.717) is 8.95 Å². The Morgan fingerprint density at radius 2 is 1.00 bits per heavy atom. The fourth-order valence-corrected chi connectivity index (χ4v) is 5.25. The highest BCUT2D eigenvalue weighted by molar-refractivity contribution is 9.10. The van der Waals surface area contributed by atoms with E-state index < -0.39 is 30.0 Å². The molecule has 2 aromatic carbocycles. The summed E-state index contributed by atoms with van der Waals surface area (Å²) in [5.41, 5.74) is 0.386. The van der Waals surface area contributed by atoms with Crippen LogP contribution < -0.4 is 0 Å². The number of hydrogen-bond acceptors (Lipinski definition) is 4. The topological polar surface area (TPSA) is 109 Å². The number of benzene rings is 2. The van der Waals surface area contributed by atoms with Crippen LogP contribution in [0.25, 0.3) is 11.1 Å². The molecular weight excluding hydrogens is 488 g/mol. The molecule has 0 unspecified atom stereocenters. The fourth-order valence-electron chi connectivity index (χ4n) is 2.42. The van der Waals surface area contributed by atoms with E-state index in [4.69, 9.17) is 0 Å². The molecule has 0 aliphatic carbocycles. The van der Waals surface area contributed by atoms with Crippen molar-refractivity contribution in [2.24, 2.45) is 0 Å². The number of rotatable bonds is 3. The molecule has 10 heteroatoms. The molecule has 2 N–H and O–H groups in total. The van der Waals surface area contributed by atoms with Gasteiger partial charge in [-0.25, -0.2) is 0 Å². The summed E-state index contributed by atoms with van der Waals surface area (Å²) in [7, 11) is -9.28. The van der Waals surface area contributed by atoms with Crippen LogP contribution in [0.15, 0.2) is 43.0 Å². The van der Waals surface area contributed by atoms with Crippen molar-refractivity contribution >= 4 is 52.1 Å². The molecule has 0 atom stereocenters. The quantitative estimate of drug-likeness (QED) is 0.618. The number of halogens is 2. The van der Waals surface area contributed by atoms with E-state index in [1.165, 1.54) is 38.1 Å². The summed E-state index contributed by atoms with van der Waals surface area (Å²) in [4.78, 5) is -0.855. The Kier molecular flexibility index (Phi) is 5.30. The second kappa shape index (κ2) is 6.50. The van der Waals surface area contributed by atoms with Gasteiger partial charge in [0.25, 0.3) is 20.2 Å². The highest BCUT2D eigenvalue weighted by atomic mass is 79.9. The van der Waals surface area contributed by atoms with E-state index in [2.05, 4.69) is 31.9 Å². The first kappa shape index (κ1) is 19.5. The van der Waals surface area contributed by atoms with E-state index in [-0.39, 0.29) is 22.3 Å². The highest BCUT2D eigenvalue weighted by Crippen LogP contribution is 2.39. The summed E-state index contributed by atoms with van der Waals surface area (Å²) in [6, 6.07) is 5.78. The van der Waals surface area contributed by atoms with Crippen molar-refractivity contribution in [3.05, 3.63) is 44.3 Å². The van der Waals surface area contributed by atoms with Crippen LogP contribution >= 0.6 is 31.9 Å². The third kappa shape index (κ3) is 3.58. The minimum atomic E-state index is -4.64. The molecule has 6 nitrogen and oxygen atoms in total. The molecule has 0 spiro atoms. The Bertz CT molecular complexity index is 958. The Balaban J connectivity index is 3.06. The van der Waals surface area contributed by atoms with Gasteiger partial charge in [-0.2, -0.15) is 16.8 Å². The molecule has 0 radical (unpaired) electrons. The predicted molar refractivity (Wildman–Crippen MR) is 96.4 cm³/mol. The molecule has 0 aliphatic rings. The monoisotopic (exact) mass is 498 g/mol. The van der Waals surface area contributed by atoms with E-state index in [9.17, 15) is 25.9 Å². The van der Waals surface area contributed by atoms with Gasteiger partial charge in [0.15, 0.2) is 0 Å². The maximum atomic E-state index is 11.8. The Hall–Kier alpha value is -0.780. The van der Waals surface area contributed by atoms with Gasteiger partial charge >= 0.3 is 0 Å². The molecular formula is C14H12Br2O6S2. The van der Waals surface area contributed by atoms with Crippen LogP contribution in [0.2, 0.25) is 0 Å². The van der Waals surface area contributed by atoms with Gasteiger partial charge < -0.3 is 0 Å². The van der Waals surface area contributed by atoms with E-state index in [1.54, 1.807) is 0 Å². The first-order valence-corrected chi connectivity index (χ1v) is 10.9. The Labute approximate surface area is 156 Å². The number of hydrogen-bond donors (Lipinski definition) is 2. The van der Waals surface area contributed by atoms with Crippen LogP contribution in [0.1, 0.15) is 11.1 Å². The molecule has 0 aliphatic heterocycles. The van der Waals surface area contributed by atoms with Crippen molar-refractivity contribution in [3.8, 4) is 11.1 Å². The van der Waals surface area contributed by atoms with E-state index in [1.807, 2.05) is 0 Å². The molecule has 0 saturated carbocycles. The molecule has 2 aromatic rings. The van der Waals surface area contributed by atoms with Crippen molar-refractivity contribution in [3.63, 3.8) is 0 Å². The van der Waals surface area contributed by atoms with Gasteiger partial charge in [0.2, 0.25) is 0 Å². The van der Waals surface area contributed by atoms with Crippen molar-refractivity contribution in [2.75, 3.05) is 0 Å². The summed E-state index contributed by atoms with van der Waals surface area (Å²) in [6.45, 7) is 2.94. The van der Waals surface area contributed by atoms with Crippen LogP contribution in [0.5, 0.6) is 0 Å². The van der Waals surface area contributed by atoms with Crippen LogP contribution in [0.3, 0.4) is 0 Å². The second-order valence-corrected chi connectivity index (χ2v) is 9.47. The largest absolute Gasteiger partial charge is 0.295 e. The SMILES string of the molecule is Cc1c(Br)ccc(-c2ccc(Br)c(C)c2S(=O)(=O)O)c1S(=O)(=O)O. The maximum absolute atomic E-state index is 11.8. The van der Waals surface area contributed by atoms with Gasteiger partial charge in [0, 0.05) is 20.1 Å². The lowest BCUT2D eigenvalue weighted by atomic mass is 10.0. The van der Waals surface area contributed by atoms with Gasteiger partial charge in [-0.15, -0.1) is 0 Å². The maximum Gasteiger partial charge on any atom is 0.295 e. The summed E-state index contributed by atoms with van der Waals surface area (Å²) in [5.74, 6) is 0. The average Bonchev–Trinajstić information content (AvgIpc) is 2.41. The summed E-state index contributed by atoms with van der Waals surface area (Å²) >= 11 is 6.36. The smallest absolute Gasteiger partial charge is 0.282 e. The molecule has 0 saturated heterocycles. The van der Waals surface area contributed by atoms with Gasteiger partial charge in [-0.1, -0.05) is 44.0 Å².